The summed E-state index contributed by atoms with van der Waals surface area (Å²) in [5.74, 6) is -0.155. The summed E-state index contributed by atoms with van der Waals surface area (Å²) >= 11 is 0. The first-order valence-corrected chi connectivity index (χ1v) is 10.8. The lowest BCUT2D eigenvalue weighted by atomic mass is 9.92. The number of nitriles is 1. The van der Waals surface area contributed by atoms with Crippen molar-refractivity contribution in [2.75, 3.05) is 44.3 Å². The summed E-state index contributed by atoms with van der Waals surface area (Å²) in [6.45, 7) is 4.24. The Kier molecular flexibility index (Phi) is 5.05. The Labute approximate surface area is 176 Å². The Hall–Kier alpha value is -2.69. The number of amides is 1. The predicted octanol–water partition coefficient (Wildman–Crippen LogP) is 2.69. The second kappa shape index (κ2) is 7.86. The van der Waals surface area contributed by atoms with E-state index in [-0.39, 0.29) is 11.8 Å². The van der Waals surface area contributed by atoms with Gasteiger partial charge in [-0.15, -0.1) is 0 Å². The molecule has 30 heavy (non-hydrogen) atoms. The molecule has 0 N–H and O–H groups in total. The van der Waals surface area contributed by atoms with E-state index in [1.54, 1.807) is 6.20 Å². The van der Waals surface area contributed by atoms with E-state index in [0.29, 0.717) is 31.9 Å². The number of likely N-dealkylation sites (tertiary alicyclic amines) is 1. The first kappa shape index (κ1) is 19.3. The number of anilines is 1. The molecule has 0 atom stereocenters. The highest BCUT2D eigenvalue weighted by atomic mass is 16.7. The fourth-order valence-electron chi connectivity index (χ4n) is 5.01. The number of hydrogen-bond acceptors (Lipinski definition) is 6. The van der Waals surface area contributed by atoms with Gasteiger partial charge < -0.3 is 19.3 Å². The highest BCUT2D eigenvalue weighted by Crippen LogP contribution is 2.35. The third-order valence-corrected chi connectivity index (χ3v) is 6.68. The van der Waals surface area contributed by atoms with Crippen molar-refractivity contribution >= 4 is 22.5 Å². The number of carbonyl (C=O) groups is 1. The van der Waals surface area contributed by atoms with Gasteiger partial charge in [-0.05, 0) is 18.9 Å². The average Bonchev–Trinajstić information content (AvgIpc) is 3.26. The summed E-state index contributed by atoms with van der Waals surface area (Å²) in [4.78, 5) is 21.7. The third kappa shape index (κ3) is 3.40. The van der Waals surface area contributed by atoms with Crippen molar-refractivity contribution in [1.29, 1.82) is 5.26 Å². The molecule has 3 saturated heterocycles. The molecule has 2 aromatic rings. The van der Waals surface area contributed by atoms with Crippen LogP contribution in [0.1, 0.15) is 31.2 Å². The largest absolute Gasteiger partial charge is 0.370 e. The zero-order chi connectivity index (χ0) is 20.6. The maximum atomic E-state index is 13.1. The van der Waals surface area contributed by atoms with Crippen LogP contribution in [0.15, 0.2) is 30.5 Å². The molecule has 0 saturated carbocycles. The van der Waals surface area contributed by atoms with Crippen molar-refractivity contribution in [1.82, 2.24) is 9.88 Å². The minimum absolute atomic E-state index is 0.0411. The SMILES string of the molecule is N#Cc1cnc2ccccc2c1N1CCC(C(=O)N2CCC3(CC2)OCCO3)CC1. The Morgan fingerprint density at radius 3 is 2.50 bits per heavy atom. The number of rotatable bonds is 2. The Bertz CT molecular complexity index is 978. The van der Waals surface area contributed by atoms with Gasteiger partial charge in [-0.2, -0.15) is 5.26 Å². The molecular weight excluding hydrogens is 380 g/mol. The lowest BCUT2D eigenvalue weighted by molar-refractivity contribution is -0.188. The highest BCUT2D eigenvalue weighted by molar-refractivity contribution is 5.94. The summed E-state index contributed by atoms with van der Waals surface area (Å²) in [6.07, 6.45) is 4.77. The molecule has 3 fully saturated rings. The van der Waals surface area contributed by atoms with Crippen LogP contribution in [-0.4, -0.2) is 61.0 Å². The van der Waals surface area contributed by atoms with Gasteiger partial charge in [-0.3, -0.25) is 9.78 Å². The lowest BCUT2D eigenvalue weighted by Crippen LogP contribution is -2.50. The molecule has 7 heteroatoms. The number of nitrogens with zero attached hydrogens (tertiary/aromatic N) is 4. The number of para-hydroxylation sites is 1. The van der Waals surface area contributed by atoms with E-state index in [1.165, 1.54) is 0 Å². The van der Waals surface area contributed by atoms with Crippen molar-refractivity contribution in [2.45, 2.75) is 31.5 Å². The Balaban J connectivity index is 1.26. The molecule has 156 valence electrons. The molecule has 3 aliphatic rings. The molecule has 0 aliphatic carbocycles. The van der Waals surface area contributed by atoms with Gasteiger partial charge in [0.15, 0.2) is 5.79 Å². The van der Waals surface area contributed by atoms with Gasteiger partial charge in [-0.25, -0.2) is 0 Å². The molecule has 3 aliphatic heterocycles. The number of aromatic nitrogens is 1. The summed E-state index contributed by atoms with van der Waals surface area (Å²) in [6, 6.07) is 10.2. The van der Waals surface area contributed by atoms with Crippen LogP contribution >= 0.6 is 0 Å². The lowest BCUT2D eigenvalue weighted by Gasteiger charge is -2.40. The first-order chi connectivity index (χ1) is 14.7. The van der Waals surface area contributed by atoms with E-state index in [1.807, 2.05) is 29.2 Å². The van der Waals surface area contributed by atoms with Crippen LogP contribution in [0.2, 0.25) is 0 Å². The molecule has 0 unspecified atom stereocenters. The molecule has 1 spiro atoms. The first-order valence-electron chi connectivity index (χ1n) is 10.8. The zero-order valence-corrected chi connectivity index (χ0v) is 17.0. The van der Waals surface area contributed by atoms with Gasteiger partial charge >= 0.3 is 0 Å². The third-order valence-electron chi connectivity index (χ3n) is 6.68. The van der Waals surface area contributed by atoms with E-state index in [0.717, 1.165) is 55.4 Å². The minimum atomic E-state index is -0.448. The number of piperidine rings is 2. The van der Waals surface area contributed by atoms with Crippen LogP contribution < -0.4 is 4.90 Å². The van der Waals surface area contributed by atoms with E-state index in [9.17, 15) is 10.1 Å². The molecule has 7 nitrogen and oxygen atoms in total. The topological polar surface area (TPSA) is 78.7 Å². The van der Waals surface area contributed by atoms with E-state index in [2.05, 4.69) is 16.0 Å². The van der Waals surface area contributed by atoms with Gasteiger partial charge in [0, 0.05) is 56.5 Å². The molecule has 1 aromatic heterocycles. The number of ether oxygens (including phenoxy) is 2. The molecule has 4 heterocycles. The highest BCUT2D eigenvalue weighted by Gasteiger charge is 2.42. The number of carbonyl (C=O) groups excluding carboxylic acids is 1. The maximum absolute atomic E-state index is 13.1. The van der Waals surface area contributed by atoms with Crippen LogP contribution in [-0.2, 0) is 14.3 Å². The predicted molar refractivity (Wildman–Crippen MR) is 112 cm³/mol. The van der Waals surface area contributed by atoms with Gasteiger partial charge in [0.05, 0.1) is 30.0 Å². The van der Waals surface area contributed by atoms with Crippen LogP contribution in [0, 0.1) is 17.2 Å². The van der Waals surface area contributed by atoms with Crippen molar-refractivity contribution in [3.8, 4) is 6.07 Å². The van der Waals surface area contributed by atoms with Crippen molar-refractivity contribution in [2.24, 2.45) is 5.92 Å². The summed E-state index contributed by atoms with van der Waals surface area (Å²) in [7, 11) is 0. The minimum Gasteiger partial charge on any atom is -0.370 e. The van der Waals surface area contributed by atoms with Crippen LogP contribution in [0.5, 0.6) is 0 Å². The number of hydrogen-bond donors (Lipinski definition) is 0. The van der Waals surface area contributed by atoms with Crippen LogP contribution in [0.4, 0.5) is 5.69 Å². The van der Waals surface area contributed by atoms with Crippen molar-refractivity contribution in [3.05, 3.63) is 36.0 Å². The smallest absolute Gasteiger partial charge is 0.225 e. The summed E-state index contributed by atoms with van der Waals surface area (Å²) in [5.41, 5.74) is 2.43. The number of fused-ring (bicyclic) bond motifs is 1. The van der Waals surface area contributed by atoms with Gasteiger partial charge in [0.1, 0.15) is 6.07 Å². The average molecular weight is 406 g/mol. The van der Waals surface area contributed by atoms with Gasteiger partial charge in [-0.1, -0.05) is 18.2 Å². The number of benzene rings is 1. The summed E-state index contributed by atoms with van der Waals surface area (Å²) in [5, 5.41) is 10.6. The fraction of sp³-hybridized carbons (Fsp3) is 0.522. The molecule has 1 aromatic carbocycles. The molecule has 0 radical (unpaired) electrons. The monoisotopic (exact) mass is 406 g/mol. The van der Waals surface area contributed by atoms with Gasteiger partial charge in [0.2, 0.25) is 5.91 Å². The summed E-state index contributed by atoms with van der Waals surface area (Å²) < 4.78 is 11.6. The quantitative estimate of drug-likeness (QED) is 0.763. The second-order valence-electron chi connectivity index (χ2n) is 8.34. The van der Waals surface area contributed by atoms with Crippen molar-refractivity contribution < 1.29 is 14.3 Å². The normalized spacial score (nSPS) is 21.8. The molecule has 1 amide bonds. The number of pyridine rings is 1. The second-order valence-corrected chi connectivity index (χ2v) is 8.34. The Morgan fingerprint density at radius 1 is 1.10 bits per heavy atom. The van der Waals surface area contributed by atoms with E-state index in [4.69, 9.17) is 9.47 Å². The van der Waals surface area contributed by atoms with Crippen LogP contribution in [0.25, 0.3) is 10.9 Å². The molecular formula is C23H26N4O3. The molecule has 5 rings (SSSR count). The van der Waals surface area contributed by atoms with Crippen molar-refractivity contribution in [3.63, 3.8) is 0 Å². The van der Waals surface area contributed by atoms with E-state index >= 15 is 0 Å². The standard InChI is InChI=1S/C23H26N4O3/c24-15-18-16-25-20-4-2-1-3-19(20)21(18)26-9-5-17(6-10-26)22(28)27-11-7-23(8-12-27)29-13-14-30-23/h1-4,16-17H,5-14H2. The Morgan fingerprint density at radius 2 is 1.80 bits per heavy atom. The van der Waals surface area contributed by atoms with Crippen LogP contribution in [0.3, 0.4) is 0 Å². The van der Waals surface area contributed by atoms with E-state index < -0.39 is 5.79 Å². The van der Waals surface area contributed by atoms with Gasteiger partial charge in [0.25, 0.3) is 0 Å². The molecule has 0 bridgehead atoms. The fourth-order valence-corrected chi connectivity index (χ4v) is 5.01. The zero-order valence-electron chi connectivity index (χ0n) is 17.0. The maximum Gasteiger partial charge on any atom is 0.225 e.